The van der Waals surface area contributed by atoms with Crippen LogP contribution in [0.1, 0.15) is 12.8 Å². The molecule has 0 aliphatic heterocycles. The van der Waals surface area contributed by atoms with Gasteiger partial charge in [0.2, 0.25) is 5.95 Å². The summed E-state index contributed by atoms with van der Waals surface area (Å²) in [6.07, 6.45) is 1.77. The Kier molecular flexibility index (Phi) is 6.78. The summed E-state index contributed by atoms with van der Waals surface area (Å²) in [5, 5.41) is 15.0. The van der Waals surface area contributed by atoms with E-state index in [2.05, 4.69) is 15.3 Å². The highest BCUT2D eigenvalue weighted by Gasteiger charge is 2.37. The number of hydrogen-bond acceptors (Lipinski definition) is 8. The molecule has 1 aliphatic carbocycles. The van der Waals surface area contributed by atoms with Gasteiger partial charge in [0.1, 0.15) is 11.5 Å². The molecule has 3 aromatic rings. The van der Waals surface area contributed by atoms with Crippen molar-refractivity contribution in [1.82, 2.24) is 9.97 Å². The van der Waals surface area contributed by atoms with E-state index in [0.717, 1.165) is 10.9 Å². The van der Waals surface area contributed by atoms with Gasteiger partial charge < -0.3 is 24.6 Å². The Morgan fingerprint density at radius 1 is 1.09 bits per heavy atom. The van der Waals surface area contributed by atoms with Crippen molar-refractivity contribution in [3.05, 3.63) is 40.5 Å². The number of rotatable bonds is 6. The Hall–Kier alpha value is -2.81. The predicted octanol–water partition coefficient (Wildman–Crippen LogP) is 4.35. The number of hydrogen-bond donors (Lipinski definition) is 2. The van der Waals surface area contributed by atoms with Crippen LogP contribution in [0.2, 0.25) is 10.0 Å². The summed E-state index contributed by atoms with van der Waals surface area (Å²) >= 11 is 13.1. The van der Waals surface area contributed by atoms with E-state index in [4.69, 9.17) is 37.4 Å². The monoisotopic (exact) mass is 491 g/mol. The van der Waals surface area contributed by atoms with Gasteiger partial charge in [-0.3, -0.25) is 4.79 Å². The van der Waals surface area contributed by atoms with Crippen LogP contribution >= 0.6 is 23.2 Å². The summed E-state index contributed by atoms with van der Waals surface area (Å²) in [6.45, 7) is 0. The average molecular weight is 492 g/mol. The van der Waals surface area contributed by atoms with Crippen molar-refractivity contribution in [2.24, 2.45) is 5.92 Å². The first-order valence-electron chi connectivity index (χ1n) is 10.3. The molecule has 0 radical (unpaired) electrons. The molecule has 8 nitrogen and oxygen atoms in total. The lowest BCUT2D eigenvalue weighted by Gasteiger charge is -2.17. The fraction of sp³-hybridized carbons (Fsp3) is 0.348. The van der Waals surface area contributed by atoms with Crippen LogP contribution in [-0.2, 0) is 9.53 Å². The number of benzene rings is 2. The smallest absolute Gasteiger partial charge is 0.308 e. The number of fused-ring (bicyclic) bond motifs is 1. The third-order valence-electron chi connectivity index (χ3n) is 5.82. The van der Waals surface area contributed by atoms with Gasteiger partial charge in [-0.25, -0.2) is 9.97 Å². The van der Waals surface area contributed by atoms with Gasteiger partial charge in [0.15, 0.2) is 0 Å². The topological polar surface area (TPSA) is 103 Å². The van der Waals surface area contributed by atoms with E-state index in [1.54, 1.807) is 12.3 Å². The number of nitrogens with one attached hydrogen (secondary N) is 1. The summed E-state index contributed by atoms with van der Waals surface area (Å²) in [5.41, 5.74) is 2.03. The number of anilines is 1. The van der Waals surface area contributed by atoms with Crippen molar-refractivity contribution < 1.29 is 24.1 Å². The molecule has 0 amide bonds. The molecule has 1 aromatic heterocycles. The normalized spacial score (nSPS) is 20.0. The van der Waals surface area contributed by atoms with Crippen LogP contribution in [0.4, 0.5) is 5.95 Å². The highest BCUT2D eigenvalue weighted by atomic mass is 35.5. The Balaban J connectivity index is 1.63. The molecule has 3 atom stereocenters. The number of carbonyl (C=O) groups excluding carboxylic acids is 1. The van der Waals surface area contributed by atoms with Crippen LogP contribution < -0.4 is 14.8 Å². The summed E-state index contributed by atoms with van der Waals surface area (Å²) in [6, 6.07) is 6.86. The number of aliphatic hydroxyl groups excluding tert-OH is 1. The molecule has 174 valence electrons. The molecule has 4 rings (SSSR count). The predicted molar refractivity (Wildman–Crippen MR) is 126 cm³/mol. The van der Waals surface area contributed by atoms with Crippen LogP contribution in [0, 0.1) is 5.92 Å². The van der Waals surface area contributed by atoms with E-state index < -0.39 is 6.10 Å². The van der Waals surface area contributed by atoms with E-state index in [1.165, 1.54) is 21.3 Å². The summed E-state index contributed by atoms with van der Waals surface area (Å²) in [4.78, 5) is 20.7. The van der Waals surface area contributed by atoms with E-state index in [9.17, 15) is 9.90 Å². The lowest BCUT2D eigenvalue weighted by atomic mass is 10.0. The first-order chi connectivity index (χ1) is 15.9. The maximum Gasteiger partial charge on any atom is 0.308 e. The number of carbonyl (C=O) groups is 1. The third kappa shape index (κ3) is 4.51. The quantitative estimate of drug-likeness (QED) is 0.490. The maximum atomic E-state index is 11.8. The standard InChI is InChI=1S/C23H23Cl2N3O5/c1-31-17-9-18(32-2)21(25)19(20(17)24)11-4-5-14-13(6-11)10-26-23(27-14)28-15-7-12(8-16(15)29)22(30)33-3/h4-6,9-10,12,15-16,29H,7-8H2,1-3H3,(H,26,27,28). The zero-order valence-electron chi connectivity index (χ0n) is 18.3. The van der Waals surface area contributed by atoms with Crippen LogP contribution in [0.5, 0.6) is 11.5 Å². The lowest BCUT2D eigenvalue weighted by Crippen LogP contribution is -2.28. The lowest BCUT2D eigenvalue weighted by molar-refractivity contribution is -0.145. The number of halogens is 2. The molecular weight excluding hydrogens is 469 g/mol. The van der Waals surface area contributed by atoms with E-state index in [0.29, 0.717) is 51.4 Å². The SMILES string of the molecule is COC(=O)C1CC(O)C(Nc2ncc3cc(-c4c(Cl)c(OC)cc(OC)c4Cl)ccc3n2)C1. The minimum absolute atomic E-state index is 0.322. The molecule has 2 N–H and O–H groups in total. The van der Waals surface area contributed by atoms with Gasteiger partial charge in [0.05, 0.1) is 55.0 Å². The largest absolute Gasteiger partial charge is 0.495 e. The zero-order valence-corrected chi connectivity index (χ0v) is 19.8. The van der Waals surface area contributed by atoms with Crippen LogP contribution in [0.3, 0.4) is 0 Å². The van der Waals surface area contributed by atoms with Crippen molar-refractivity contribution in [3.8, 4) is 22.6 Å². The molecular formula is C23H23Cl2N3O5. The molecule has 3 unspecified atom stereocenters. The van der Waals surface area contributed by atoms with E-state index >= 15 is 0 Å². The first kappa shape index (κ1) is 23.4. The average Bonchev–Trinajstić information content (AvgIpc) is 3.18. The second kappa shape index (κ2) is 9.59. The third-order valence-corrected chi connectivity index (χ3v) is 6.57. The summed E-state index contributed by atoms with van der Waals surface area (Å²) < 4.78 is 15.5. The molecule has 33 heavy (non-hydrogen) atoms. The molecule has 1 fully saturated rings. The van der Waals surface area contributed by atoms with Crippen LogP contribution in [0.15, 0.2) is 30.5 Å². The van der Waals surface area contributed by atoms with Gasteiger partial charge in [0, 0.05) is 23.2 Å². The van der Waals surface area contributed by atoms with E-state index in [-0.39, 0.29) is 17.9 Å². The number of aliphatic hydroxyl groups is 1. The Morgan fingerprint density at radius 2 is 1.79 bits per heavy atom. The zero-order chi connectivity index (χ0) is 23.7. The van der Waals surface area contributed by atoms with Crippen LogP contribution in [0.25, 0.3) is 22.0 Å². The van der Waals surface area contributed by atoms with Crippen molar-refractivity contribution in [1.29, 1.82) is 0 Å². The molecule has 0 bridgehead atoms. The first-order valence-corrected chi connectivity index (χ1v) is 11.0. The molecule has 2 aromatic carbocycles. The van der Waals surface area contributed by atoms with Gasteiger partial charge in [-0.05, 0) is 30.5 Å². The van der Waals surface area contributed by atoms with Gasteiger partial charge >= 0.3 is 5.97 Å². The molecule has 0 spiro atoms. The summed E-state index contributed by atoms with van der Waals surface area (Å²) in [7, 11) is 4.39. The van der Waals surface area contributed by atoms with Crippen molar-refractivity contribution in [3.63, 3.8) is 0 Å². The molecule has 1 aliphatic rings. The van der Waals surface area contributed by atoms with Crippen molar-refractivity contribution >= 4 is 46.0 Å². The Labute approximate surface area is 200 Å². The minimum Gasteiger partial charge on any atom is -0.495 e. The van der Waals surface area contributed by atoms with Gasteiger partial charge in [-0.15, -0.1) is 0 Å². The highest BCUT2D eigenvalue weighted by Crippen LogP contribution is 2.46. The minimum atomic E-state index is -0.692. The second-order valence-electron chi connectivity index (χ2n) is 7.76. The van der Waals surface area contributed by atoms with Crippen molar-refractivity contribution in [2.45, 2.75) is 25.0 Å². The number of ether oxygens (including phenoxy) is 3. The number of methoxy groups -OCH3 is 3. The van der Waals surface area contributed by atoms with Crippen LogP contribution in [-0.4, -0.2) is 54.5 Å². The molecule has 10 heteroatoms. The number of nitrogens with zero attached hydrogens (tertiary/aromatic N) is 2. The maximum absolute atomic E-state index is 11.8. The molecule has 1 saturated carbocycles. The Morgan fingerprint density at radius 3 is 2.42 bits per heavy atom. The van der Waals surface area contributed by atoms with Gasteiger partial charge in [-0.1, -0.05) is 29.3 Å². The fourth-order valence-electron chi connectivity index (χ4n) is 4.09. The number of aromatic nitrogens is 2. The Bertz CT molecular complexity index is 1180. The van der Waals surface area contributed by atoms with Gasteiger partial charge in [-0.2, -0.15) is 0 Å². The summed E-state index contributed by atoms with van der Waals surface area (Å²) in [5.74, 6) is 0.592. The van der Waals surface area contributed by atoms with Gasteiger partial charge in [0.25, 0.3) is 0 Å². The van der Waals surface area contributed by atoms with Crippen molar-refractivity contribution in [2.75, 3.05) is 26.6 Å². The molecule has 1 heterocycles. The van der Waals surface area contributed by atoms with E-state index in [1.807, 2.05) is 18.2 Å². The second-order valence-corrected chi connectivity index (χ2v) is 8.52. The fourth-order valence-corrected chi connectivity index (χ4v) is 4.81. The number of esters is 1. The molecule has 0 saturated heterocycles. The highest BCUT2D eigenvalue weighted by molar-refractivity contribution is 6.41.